The van der Waals surface area contributed by atoms with E-state index < -0.39 is 36.4 Å². The Hall–Kier alpha value is -4.09. The number of carbonyl (C=O) groups is 4. The number of allylic oxidation sites excluding steroid dienone is 1. The molecule has 11 nitrogen and oxygen atoms in total. The second-order valence-corrected chi connectivity index (χ2v) is 8.71. The number of piperidine rings is 1. The lowest BCUT2D eigenvalue weighted by Crippen LogP contribution is -2.42. The fourth-order valence-corrected chi connectivity index (χ4v) is 3.70. The number of hydrogen-bond donors (Lipinski definition) is 4. The van der Waals surface area contributed by atoms with Crippen molar-refractivity contribution in [2.24, 2.45) is 0 Å². The number of carbonyl (C=O) groups excluding carboxylic acids is 1. The van der Waals surface area contributed by atoms with Gasteiger partial charge < -0.3 is 25.2 Å². The molecule has 0 aliphatic carbocycles. The maximum atomic E-state index is 12.2. The van der Waals surface area contributed by atoms with E-state index in [1.54, 1.807) is 30.6 Å². The normalized spacial score (nSPS) is 13.8. The van der Waals surface area contributed by atoms with Crippen LogP contribution in [0.25, 0.3) is 6.08 Å². The van der Waals surface area contributed by atoms with Gasteiger partial charge in [-0.25, -0.2) is 4.79 Å². The summed E-state index contributed by atoms with van der Waals surface area (Å²) in [5, 5.41) is 33.8. The molecule has 0 bridgehead atoms. The van der Waals surface area contributed by atoms with E-state index in [4.69, 9.17) is 25.2 Å². The SMILES string of the molecule is O=C(C=Cc1ccccc1OCCN1CCCCC1)c1cccnc1.O=C(O)CC(O)(CC(=O)O)C(=O)O. The van der Waals surface area contributed by atoms with E-state index in [-0.39, 0.29) is 5.78 Å². The van der Waals surface area contributed by atoms with Gasteiger partial charge in [-0.1, -0.05) is 24.6 Å². The van der Waals surface area contributed by atoms with Gasteiger partial charge in [-0.15, -0.1) is 0 Å². The molecule has 0 spiro atoms. The van der Waals surface area contributed by atoms with Crippen LogP contribution < -0.4 is 4.74 Å². The molecule has 1 aliphatic rings. The second kappa shape index (κ2) is 15.2. The van der Waals surface area contributed by atoms with Crippen molar-refractivity contribution in [2.45, 2.75) is 37.7 Å². The minimum atomic E-state index is -2.74. The number of nitrogens with zero attached hydrogens (tertiary/aromatic N) is 2. The van der Waals surface area contributed by atoms with Crippen molar-refractivity contribution in [2.75, 3.05) is 26.2 Å². The van der Waals surface area contributed by atoms with Gasteiger partial charge in [-0.2, -0.15) is 0 Å². The number of carboxylic acids is 3. The minimum Gasteiger partial charge on any atom is -0.492 e. The van der Waals surface area contributed by atoms with Crippen LogP contribution in [0.4, 0.5) is 0 Å². The third-order valence-corrected chi connectivity index (χ3v) is 5.68. The van der Waals surface area contributed by atoms with Gasteiger partial charge in [0, 0.05) is 30.1 Å². The Labute approximate surface area is 220 Å². The highest BCUT2D eigenvalue weighted by Gasteiger charge is 2.40. The molecule has 1 fully saturated rings. The number of carboxylic acid groups (broad SMARTS) is 3. The number of ketones is 1. The van der Waals surface area contributed by atoms with Gasteiger partial charge in [0.1, 0.15) is 12.4 Å². The monoisotopic (exact) mass is 528 g/mol. The zero-order valence-electron chi connectivity index (χ0n) is 20.9. The van der Waals surface area contributed by atoms with Crippen LogP contribution in [0, 0.1) is 0 Å². The molecule has 3 rings (SSSR count). The number of pyridine rings is 1. The summed E-state index contributed by atoms with van der Waals surface area (Å²) in [7, 11) is 0. The maximum absolute atomic E-state index is 12.2. The van der Waals surface area contributed by atoms with E-state index in [1.165, 1.54) is 32.4 Å². The Morgan fingerprint density at radius 3 is 2.18 bits per heavy atom. The highest BCUT2D eigenvalue weighted by atomic mass is 16.5. The zero-order valence-corrected chi connectivity index (χ0v) is 20.9. The lowest BCUT2D eigenvalue weighted by molar-refractivity contribution is -0.170. The number of rotatable bonds is 12. The first kappa shape index (κ1) is 30.1. The summed E-state index contributed by atoms with van der Waals surface area (Å²) < 4.78 is 5.96. The number of aliphatic hydroxyl groups is 1. The van der Waals surface area contributed by atoms with Gasteiger partial charge >= 0.3 is 17.9 Å². The molecule has 11 heteroatoms. The first-order chi connectivity index (χ1) is 18.1. The highest BCUT2D eigenvalue weighted by Crippen LogP contribution is 2.20. The van der Waals surface area contributed by atoms with Crippen LogP contribution in [0.5, 0.6) is 5.75 Å². The Bertz CT molecular complexity index is 1100. The number of para-hydroxylation sites is 1. The van der Waals surface area contributed by atoms with E-state index in [1.807, 2.05) is 30.3 Å². The van der Waals surface area contributed by atoms with E-state index in [0.29, 0.717) is 12.2 Å². The van der Waals surface area contributed by atoms with Crippen molar-refractivity contribution in [3.63, 3.8) is 0 Å². The highest BCUT2D eigenvalue weighted by molar-refractivity contribution is 6.06. The number of aromatic nitrogens is 1. The largest absolute Gasteiger partial charge is 0.492 e. The number of likely N-dealkylation sites (tertiary alicyclic amines) is 1. The van der Waals surface area contributed by atoms with Crippen molar-refractivity contribution in [1.29, 1.82) is 0 Å². The number of benzene rings is 1. The molecule has 2 heterocycles. The Balaban J connectivity index is 0.000000332. The summed E-state index contributed by atoms with van der Waals surface area (Å²) in [5.74, 6) is -4.26. The quantitative estimate of drug-likeness (QED) is 0.235. The van der Waals surface area contributed by atoms with Crippen LogP contribution in [-0.2, 0) is 14.4 Å². The van der Waals surface area contributed by atoms with Crippen molar-refractivity contribution < 1.29 is 44.3 Å². The number of ether oxygens (including phenoxy) is 1. The third-order valence-electron chi connectivity index (χ3n) is 5.68. The molecule has 1 saturated heterocycles. The van der Waals surface area contributed by atoms with Crippen LogP contribution in [0.3, 0.4) is 0 Å². The zero-order chi connectivity index (χ0) is 28.0. The summed E-state index contributed by atoms with van der Waals surface area (Å²) in [6.45, 7) is 3.96. The molecule has 38 heavy (non-hydrogen) atoms. The maximum Gasteiger partial charge on any atom is 0.336 e. The molecule has 1 aromatic heterocycles. The summed E-state index contributed by atoms with van der Waals surface area (Å²) in [5.41, 5.74) is -1.24. The Morgan fingerprint density at radius 1 is 0.947 bits per heavy atom. The van der Waals surface area contributed by atoms with E-state index in [9.17, 15) is 19.2 Å². The molecular formula is C27H32N2O9. The van der Waals surface area contributed by atoms with Crippen LogP contribution >= 0.6 is 0 Å². The molecule has 0 amide bonds. The summed E-state index contributed by atoms with van der Waals surface area (Å²) in [4.78, 5) is 49.1. The van der Waals surface area contributed by atoms with E-state index >= 15 is 0 Å². The van der Waals surface area contributed by atoms with Gasteiger partial charge in [0.2, 0.25) is 0 Å². The molecule has 1 aromatic carbocycles. The summed E-state index contributed by atoms with van der Waals surface area (Å²) >= 11 is 0. The lowest BCUT2D eigenvalue weighted by atomic mass is 9.96. The van der Waals surface area contributed by atoms with E-state index in [2.05, 4.69) is 9.88 Å². The first-order valence-corrected chi connectivity index (χ1v) is 12.1. The molecule has 0 unspecified atom stereocenters. The lowest BCUT2D eigenvalue weighted by Gasteiger charge is -2.26. The molecule has 0 saturated carbocycles. The van der Waals surface area contributed by atoms with Crippen molar-refractivity contribution in [1.82, 2.24) is 9.88 Å². The van der Waals surface area contributed by atoms with Crippen molar-refractivity contribution in [3.05, 3.63) is 66.0 Å². The third kappa shape index (κ3) is 10.5. The van der Waals surface area contributed by atoms with Gasteiger partial charge in [0.15, 0.2) is 11.4 Å². The fraction of sp³-hybridized carbons (Fsp3) is 0.370. The van der Waals surface area contributed by atoms with Gasteiger partial charge in [-0.3, -0.25) is 24.3 Å². The van der Waals surface area contributed by atoms with Crippen LogP contribution in [0.2, 0.25) is 0 Å². The predicted octanol–water partition coefficient (Wildman–Crippen LogP) is 2.59. The number of hydrogen-bond acceptors (Lipinski definition) is 8. The summed E-state index contributed by atoms with van der Waals surface area (Å²) in [6.07, 6.45) is 8.25. The standard InChI is InChI=1S/C21H24N2O2.C6H8O7/c24-20(19-8-6-12-22-17-19)11-10-18-7-2-3-9-21(18)25-16-15-23-13-4-1-5-14-23;7-3(8)1-6(13,5(11)12)2-4(9)10/h2-3,6-12,17H,1,4-5,13-16H2;13H,1-2H2,(H,7,8)(H,9,10)(H,11,12). The molecule has 0 radical (unpaired) electrons. The molecule has 204 valence electrons. The van der Waals surface area contributed by atoms with Crippen LogP contribution in [0.1, 0.15) is 48.0 Å². The van der Waals surface area contributed by atoms with Gasteiger partial charge in [0.25, 0.3) is 0 Å². The molecular weight excluding hydrogens is 496 g/mol. The summed E-state index contributed by atoms with van der Waals surface area (Å²) in [6, 6.07) is 11.3. The van der Waals surface area contributed by atoms with Gasteiger partial charge in [-0.05, 0) is 56.3 Å². The average Bonchev–Trinajstić information content (AvgIpc) is 2.88. The van der Waals surface area contributed by atoms with Crippen LogP contribution in [0.15, 0.2) is 54.9 Å². The average molecular weight is 529 g/mol. The Kier molecular flexibility index (Phi) is 12.1. The van der Waals surface area contributed by atoms with Crippen LogP contribution in [-0.4, -0.2) is 85.8 Å². The number of aliphatic carboxylic acids is 3. The predicted molar refractivity (Wildman–Crippen MR) is 137 cm³/mol. The first-order valence-electron chi connectivity index (χ1n) is 12.1. The van der Waals surface area contributed by atoms with Crippen molar-refractivity contribution >= 4 is 29.8 Å². The molecule has 4 N–H and O–H groups in total. The topological polar surface area (TPSA) is 175 Å². The minimum absolute atomic E-state index is 0.0591. The smallest absolute Gasteiger partial charge is 0.336 e. The van der Waals surface area contributed by atoms with Gasteiger partial charge in [0.05, 0.1) is 12.8 Å². The van der Waals surface area contributed by atoms with E-state index in [0.717, 1.165) is 17.9 Å². The molecule has 1 aliphatic heterocycles. The fourth-order valence-electron chi connectivity index (χ4n) is 3.70. The van der Waals surface area contributed by atoms with Crippen molar-refractivity contribution in [3.8, 4) is 5.75 Å². The second-order valence-electron chi connectivity index (χ2n) is 8.71. The molecule has 0 atom stereocenters. The Morgan fingerprint density at radius 2 is 1.61 bits per heavy atom. The molecule has 2 aromatic rings.